The fourth-order valence-corrected chi connectivity index (χ4v) is 4.90. The molecule has 1 saturated heterocycles. The molecule has 0 atom stereocenters. The van der Waals surface area contributed by atoms with Gasteiger partial charge in [-0.1, -0.05) is 30.3 Å². The molecule has 0 unspecified atom stereocenters. The van der Waals surface area contributed by atoms with E-state index in [1.54, 1.807) is 24.3 Å². The van der Waals surface area contributed by atoms with Crippen molar-refractivity contribution in [3.05, 3.63) is 57.7 Å². The standard InChI is InChI=1S/C19H20N2OS.C3H6O2/c1-13-18(14-5-3-2-4-6-14)16-7-8-17(22)21(19(16)23-13)15-9-11-20-12-10-15;1-2-5-3-4/h2-8,15,20H,9-12H2,1H3;3H,2H2,1H3. The van der Waals surface area contributed by atoms with Crippen molar-refractivity contribution in [2.45, 2.75) is 32.7 Å². The van der Waals surface area contributed by atoms with E-state index in [4.69, 9.17) is 0 Å². The predicted octanol–water partition coefficient (Wildman–Crippen LogP) is 4.14. The minimum atomic E-state index is 0.130. The lowest BCUT2D eigenvalue weighted by Gasteiger charge is -2.25. The third-order valence-electron chi connectivity index (χ3n) is 4.92. The molecule has 5 nitrogen and oxygen atoms in total. The van der Waals surface area contributed by atoms with Crippen molar-refractivity contribution in [3.63, 3.8) is 0 Å². The molecule has 3 heterocycles. The Kier molecular flexibility index (Phi) is 7.01. The van der Waals surface area contributed by atoms with Crippen LogP contribution in [0.25, 0.3) is 21.3 Å². The van der Waals surface area contributed by atoms with Gasteiger partial charge in [-0.05, 0) is 51.4 Å². The second-order valence-corrected chi connectivity index (χ2v) is 7.90. The van der Waals surface area contributed by atoms with Gasteiger partial charge < -0.3 is 10.1 Å². The Morgan fingerprint density at radius 3 is 2.50 bits per heavy atom. The highest BCUT2D eigenvalue weighted by molar-refractivity contribution is 7.19. The van der Waals surface area contributed by atoms with Crippen LogP contribution in [-0.2, 0) is 9.53 Å². The number of nitrogens with zero attached hydrogens (tertiary/aromatic N) is 1. The van der Waals surface area contributed by atoms with E-state index in [2.05, 4.69) is 41.2 Å². The average Bonchev–Trinajstić information content (AvgIpc) is 3.06. The topological polar surface area (TPSA) is 60.3 Å². The first-order chi connectivity index (χ1) is 13.7. The molecule has 4 rings (SSSR count). The molecule has 0 radical (unpaired) electrons. The maximum atomic E-state index is 12.5. The fourth-order valence-electron chi connectivity index (χ4n) is 3.66. The van der Waals surface area contributed by atoms with Crippen LogP contribution in [0.2, 0.25) is 0 Å². The Morgan fingerprint density at radius 2 is 1.89 bits per heavy atom. The highest BCUT2D eigenvalue weighted by atomic mass is 32.1. The third kappa shape index (κ3) is 4.34. The quantitative estimate of drug-likeness (QED) is 0.671. The van der Waals surface area contributed by atoms with E-state index >= 15 is 0 Å². The van der Waals surface area contributed by atoms with Crippen molar-refractivity contribution in [3.8, 4) is 11.1 Å². The Balaban J connectivity index is 0.000000403. The van der Waals surface area contributed by atoms with Crippen LogP contribution in [0.3, 0.4) is 0 Å². The predicted molar refractivity (Wildman–Crippen MR) is 115 cm³/mol. The van der Waals surface area contributed by atoms with Crippen LogP contribution in [0.4, 0.5) is 0 Å². The minimum absolute atomic E-state index is 0.130. The van der Waals surface area contributed by atoms with Crippen LogP contribution in [-0.4, -0.2) is 30.7 Å². The van der Waals surface area contributed by atoms with Gasteiger partial charge in [0, 0.05) is 27.9 Å². The molecule has 28 heavy (non-hydrogen) atoms. The number of hydrogen-bond acceptors (Lipinski definition) is 5. The molecule has 0 spiro atoms. The van der Waals surface area contributed by atoms with Gasteiger partial charge in [-0.15, -0.1) is 11.3 Å². The number of thiophene rings is 1. The van der Waals surface area contributed by atoms with E-state index < -0.39 is 0 Å². The lowest BCUT2D eigenvalue weighted by atomic mass is 10.0. The summed E-state index contributed by atoms with van der Waals surface area (Å²) in [5.41, 5.74) is 2.63. The summed E-state index contributed by atoms with van der Waals surface area (Å²) in [5, 5.41) is 4.59. The Bertz CT molecular complexity index is 973. The molecule has 2 aromatic heterocycles. The SMILES string of the molecule is CCOC=O.Cc1sc2c(ccc(=O)n2C2CCNCC2)c1-c1ccccc1. The van der Waals surface area contributed by atoms with Gasteiger partial charge in [0.1, 0.15) is 4.83 Å². The van der Waals surface area contributed by atoms with Crippen molar-refractivity contribution in [2.24, 2.45) is 0 Å². The lowest BCUT2D eigenvalue weighted by molar-refractivity contribution is -0.128. The highest BCUT2D eigenvalue weighted by Crippen LogP contribution is 2.38. The Hall–Kier alpha value is -2.44. The van der Waals surface area contributed by atoms with Gasteiger partial charge in [0.2, 0.25) is 0 Å². The number of rotatable bonds is 4. The third-order valence-corrected chi connectivity index (χ3v) is 6.04. The highest BCUT2D eigenvalue weighted by Gasteiger charge is 2.21. The van der Waals surface area contributed by atoms with Crippen molar-refractivity contribution in [1.29, 1.82) is 0 Å². The zero-order valence-electron chi connectivity index (χ0n) is 16.3. The monoisotopic (exact) mass is 398 g/mol. The molecule has 1 aliphatic rings. The van der Waals surface area contributed by atoms with E-state index in [1.807, 2.05) is 16.7 Å². The zero-order valence-corrected chi connectivity index (χ0v) is 17.1. The minimum Gasteiger partial charge on any atom is -0.468 e. The number of pyridine rings is 1. The maximum Gasteiger partial charge on any atom is 0.293 e. The average molecular weight is 399 g/mol. The molecule has 0 saturated carbocycles. The summed E-state index contributed by atoms with van der Waals surface area (Å²) >= 11 is 1.75. The van der Waals surface area contributed by atoms with E-state index in [1.165, 1.54) is 21.4 Å². The van der Waals surface area contributed by atoms with Crippen LogP contribution in [0, 0.1) is 6.92 Å². The summed E-state index contributed by atoms with van der Waals surface area (Å²) in [4.78, 5) is 24.1. The molecule has 3 aromatic rings. The molecule has 1 aliphatic heterocycles. The zero-order chi connectivity index (χ0) is 19.9. The number of piperidine rings is 1. The first-order valence-corrected chi connectivity index (χ1v) is 10.4. The number of fused-ring (bicyclic) bond motifs is 1. The summed E-state index contributed by atoms with van der Waals surface area (Å²) in [6.45, 7) is 6.80. The van der Waals surface area contributed by atoms with Gasteiger partial charge in [-0.2, -0.15) is 0 Å². The van der Waals surface area contributed by atoms with Gasteiger partial charge in [-0.25, -0.2) is 0 Å². The van der Waals surface area contributed by atoms with E-state index in [9.17, 15) is 9.59 Å². The second-order valence-electron chi connectivity index (χ2n) is 6.69. The largest absolute Gasteiger partial charge is 0.468 e. The first kappa shape index (κ1) is 20.3. The molecule has 1 fully saturated rings. The number of hydrogen-bond donors (Lipinski definition) is 1. The maximum absolute atomic E-state index is 12.5. The summed E-state index contributed by atoms with van der Waals surface area (Å²) in [5.74, 6) is 0. The molecular formula is C22H26N2O3S. The fraction of sp³-hybridized carbons (Fsp3) is 0.364. The van der Waals surface area contributed by atoms with Gasteiger partial charge in [0.15, 0.2) is 0 Å². The van der Waals surface area contributed by atoms with Crippen LogP contribution < -0.4 is 10.9 Å². The molecule has 6 heteroatoms. The molecule has 0 bridgehead atoms. The molecule has 0 amide bonds. The molecule has 0 aliphatic carbocycles. The lowest BCUT2D eigenvalue weighted by Crippen LogP contribution is -2.33. The van der Waals surface area contributed by atoms with Crippen LogP contribution in [0.5, 0.6) is 0 Å². The molecule has 1 N–H and O–H groups in total. The van der Waals surface area contributed by atoms with E-state index in [0.29, 0.717) is 19.1 Å². The Morgan fingerprint density at radius 1 is 1.18 bits per heavy atom. The van der Waals surface area contributed by atoms with Crippen LogP contribution >= 0.6 is 11.3 Å². The van der Waals surface area contributed by atoms with Crippen LogP contribution in [0.15, 0.2) is 47.3 Å². The Labute approximate surface area is 169 Å². The summed E-state index contributed by atoms with van der Waals surface area (Å²) < 4.78 is 6.19. The normalized spacial score (nSPS) is 14.4. The first-order valence-electron chi connectivity index (χ1n) is 9.63. The van der Waals surface area contributed by atoms with Crippen LogP contribution in [0.1, 0.15) is 30.7 Å². The van der Waals surface area contributed by atoms with E-state index in [-0.39, 0.29) is 5.56 Å². The number of aromatic nitrogens is 1. The number of aryl methyl sites for hydroxylation is 1. The van der Waals surface area contributed by atoms with Gasteiger partial charge >= 0.3 is 0 Å². The van der Waals surface area contributed by atoms with E-state index in [0.717, 1.165) is 30.8 Å². The van der Waals surface area contributed by atoms with Crippen molar-refractivity contribution in [2.75, 3.05) is 19.7 Å². The number of carbonyl (C=O) groups is 1. The number of carbonyl (C=O) groups excluding carboxylic acids is 1. The number of nitrogens with one attached hydrogen (secondary N) is 1. The smallest absolute Gasteiger partial charge is 0.293 e. The van der Waals surface area contributed by atoms with Crippen molar-refractivity contribution < 1.29 is 9.53 Å². The van der Waals surface area contributed by atoms with Crippen molar-refractivity contribution in [1.82, 2.24) is 9.88 Å². The number of benzene rings is 1. The van der Waals surface area contributed by atoms with Crippen molar-refractivity contribution >= 4 is 28.0 Å². The van der Waals surface area contributed by atoms with Gasteiger partial charge in [0.05, 0.1) is 6.61 Å². The van der Waals surface area contributed by atoms with Gasteiger partial charge in [0.25, 0.3) is 12.0 Å². The number of ether oxygens (including phenoxy) is 1. The summed E-state index contributed by atoms with van der Waals surface area (Å²) in [6.07, 6.45) is 2.05. The summed E-state index contributed by atoms with van der Waals surface area (Å²) in [6, 6.07) is 14.5. The molecule has 148 valence electrons. The van der Waals surface area contributed by atoms with Gasteiger partial charge in [-0.3, -0.25) is 14.2 Å². The summed E-state index contributed by atoms with van der Waals surface area (Å²) in [7, 11) is 0. The molecular weight excluding hydrogens is 372 g/mol. The second kappa shape index (κ2) is 9.66. The molecule has 1 aromatic carbocycles.